The molecular formula is C20H25NO4. The maximum atomic E-state index is 12.6. The molecule has 2 aromatic carbocycles. The molecule has 0 unspecified atom stereocenters. The van der Waals surface area contributed by atoms with Crippen LogP contribution in [0.4, 0.5) is 5.69 Å². The van der Waals surface area contributed by atoms with Gasteiger partial charge in [-0.2, -0.15) is 0 Å². The van der Waals surface area contributed by atoms with Gasteiger partial charge in [-0.05, 0) is 30.7 Å². The van der Waals surface area contributed by atoms with Gasteiger partial charge >= 0.3 is 0 Å². The number of anilines is 1. The molecule has 2 aromatic rings. The predicted molar refractivity (Wildman–Crippen MR) is 99.0 cm³/mol. The van der Waals surface area contributed by atoms with Crippen molar-refractivity contribution in [2.24, 2.45) is 0 Å². The van der Waals surface area contributed by atoms with Crippen molar-refractivity contribution in [1.82, 2.24) is 0 Å². The fourth-order valence-electron chi connectivity index (χ4n) is 2.43. The summed E-state index contributed by atoms with van der Waals surface area (Å²) in [7, 11) is 3.13. The second kappa shape index (κ2) is 9.57. The van der Waals surface area contributed by atoms with E-state index < -0.39 is 0 Å². The zero-order valence-electron chi connectivity index (χ0n) is 15.0. The van der Waals surface area contributed by atoms with E-state index >= 15 is 0 Å². The third-order valence-corrected chi connectivity index (χ3v) is 3.78. The van der Waals surface area contributed by atoms with Crippen LogP contribution in [0.2, 0.25) is 0 Å². The van der Waals surface area contributed by atoms with Gasteiger partial charge in [0.15, 0.2) is 11.5 Å². The van der Waals surface area contributed by atoms with Crippen LogP contribution in [0.1, 0.15) is 36.5 Å². The molecule has 25 heavy (non-hydrogen) atoms. The van der Waals surface area contributed by atoms with Crippen LogP contribution in [0.15, 0.2) is 42.5 Å². The Morgan fingerprint density at radius 2 is 1.72 bits per heavy atom. The average Bonchev–Trinajstić information content (AvgIpc) is 2.65. The fourth-order valence-corrected chi connectivity index (χ4v) is 2.43. The third-order valence-electron chi connectivity index (χ3n) is 3.78. The molecule has 5 heteroatoms. The largest absolute Gasteiger partial charge is 0.493 e. The van der Waals surface area contributed by atoms with Crippen LogP contribution < -0.4 is 19.5 Å². The number of rotatable bonds is 9. The highest BCUT2D eigenvalue weighted by Crippen LogP contribution is 2.30. The summed E-state index contributed by atoms with van der Waals surface area (Å²) in [6, 6.07) is 12.5. The van der Waals surface area contributed by atoms with Crippen molar-refractivity contribution in [2.75, 3.05) is 26.1 Å². The number of carbonyl (C=O) groups excluding carboxylic acids is 1. The van der Waals surface area contributed by atoms with Crippen molar-refractivity contribution in [2.45, 2.75) is 26.2 Å². The molecule has 1 amide bonds. The molecule has 0 spiro atoms. The molecule has 0 aliphatic heterocycles. The van der Waals surface area contributed by atoms with E-state index in [-0.39, 0.29) is 5.91 Å². The van der Waals surface area contributed by atoms with Crippen LogP contribution in [0.3, 0.4) is 0 Å². The van der Waals surface area contributed by atoms with Crippen LogP contribution in [0.25, 0.3) is 0 Å². The molecule has 0 heterocycles. The first-order valence-corrected chi connectivity index (χ1v) is 8.44. The fraction of sp³-hybridized carbons (Fsp3) is 0.350. The number of hydrogen-bond donors (Lipinski definition) is 1. The molecule has 0 saturated carbocycles. The van der Waals surface area contributed by atoms with Gasteiger partial charge in [0.1, 0.15) is 5.75 Å². The number of benzene rings is 2. The highest BCUT2D eigenvalue weighted by molar-refractivity contribution is 6.06. The molecule has 2 rings (SSSR count). The van der Waals surface area contributed by atoms with E-state index in [1.165, 1.54) is 0 Å². The Morgan fingerprint density at radius 3 is 2.44 bits per heavy atom. The molecule has 0 radical (unpaired) electrons. The van der Waals surface area contributed by atoms with E-state index in [2.05, 4.69) is 12.2 Å². The van der Waals surface area contributed by atoms with Crippen molar-refractivity contribution in [3.63, 3.8) is 0 Å². The van der Waals surface area contributed by atoms with Gasteiger partial charge in [0.2, 0.25) is 0 Å². The Bertz CT molecular complexity index is 700. The van der Waals surface area contributed by atoms with Crippen LogP contribution in [0.5, 0.6) is 17.2 Å². The summed E-state index contributed by atoms with van der Waals surface area (Å²) in [4.78, 5) is 12.6. The average molecular weight is 343 g/mol. The van der Waals surface area contributed by atoms with E-state index in [1.54, 1.807) is 38.5 Å². The Labute approximate surface area is 148 Å². The number of hydrogen-bond acceptors (Lipinski definition) is 4. The van der Waals surface area contributed by atoms with Crippen molar-refractivity contribution >= 4 is 11.6 Å². The minimum Gasteiger partial charge on any atom is -0.493 e. The van der Waals surface area contributed by atoms with Crippen LogP contribution in [-0.4, -0.2) is 26.7 Å². The maximum Gasteiger partial charge on any atom is 0.259 e. The van der Waals surface area contributed by atoms with Crippen molar-refractivity contribution in [3.05, 3.63) is 48.0 Å². The van der Waals surface area contributed by atoms with E-state index in [1.807, 2.05) is 18.2 Å². The summed E-state index contributed by atoms with van der Waals surface area (Å²) in [6.45, 7) is 2.75. The van der Waals surface area contributed by atoms with Crippen molar-refractivity contribution < 1.29 is 19.0 Å². The van der Waals surface area contributed by atoms with Crippen LogP contribution >= 0.6 is 0 Å². The number of amides is 1. The van der Waals surface area contributed by atoms with E-state index in [4.69, 9.17) is 14.2 Å². The van der Waals surface area contributed by atoms with Gasteiger partial charge < -0.3 is 19.5 Å². The van der Waals surface area contributed by atoms with Crippen LogP contribution in [0, 0.1) is 0 Å². The Morgan fingerprint density at radius 1 is 0.960 bits per heavy atom. The number of ether oxygens (including phenoxy) is 3. The quantitative estimate of drug-likeness (QED) is 0.680. The van der Waals surface area contributed by atoms with Gasteiger partial charge in [-0.1, -0.05) is 31.9 Å². The second-order valence-electron chi connectivity index (χ2n) is 5.58. The number of methoxy groups -OCH3 is 2. The lowest BCUT2D eigenvalue weighted by molar-refractivity contribution is 0.102. The molecule has 0 fully saturated rings. The molecule has 0 saturated heterocycles. The number of unbranched alkanes of at least 4 members (excludes halogenated alkanes) is 2. The van der Waals surface area contributed by atoms with E-state index in [0.717, 1.165) is 19.3 Å². The topological polar surface area (TPSA) is 56.8 Å². The lowest BCUT2D eigenvalue weighted by Gasteiger charge is -2.13. The normalized spacial score (nSPS) is 10.2. The summed E-state index contributed by atoms with van der Waals surface area (Å²) in [5.74, 6) is 1.54. The molecule has 0 aromatic heterocycles. The van der Waals surface area contributed by atoms with E-state index in [9.17, 15) is 4.79 Å². The summed E-state index contributed by atoms with van der Waals surface area (Å²) in [5, 5.41) is 2.87. The van der Waals surface area contributed by atoms with Gasteiger partial charge in [0, 0.05) is 11.8 Å². The summed E-state index contributed by atoms with van der Waals surface area (Å²) in [5.41, 5.74) is 1.14. The lowest BCUT2D eigenvalue weighted by atomic mass is 10.1. The predicted octanol–water partition coefficient (Wildman–Crippen LogP) is 4.53. The first kappa shape index (κ1) is 18.6. The standard InChI is InChI=1S/C20H25NO4/c1-4-5-8-13-25-17-10-7-6-9-16(17)20(22)21-15-11-12-18(23-2)19(14-15)24-3/h6-7,9-12,14H,4-5,8,13H2,1-3H3,(H,21,22). The summed E-state index contributed by atoms with van der Waals surface area (Å²) in [6.07, 6.45) is 3.22. The van der Waals surface area contributed by atoms with Gasteiger partial charge in [0.25, 0.3) is 5.91 Å². The molecule has 0 aliphatic carbocycles. The van der Waals surface area contributed by atoms with E-state index in [0.29, 0.717) is 35.1 Å². The van der Waals surface area contributed by atoms with Crippen molar-refractivity contribution in [3.8, 4) is 17.2 Å². The number of para-hydroxylation sites is 1. The van der Waals surface area contributed by atoms with Gasteiger partial charge in [-0.3, -0.25) is 4.79 Å². The molecule has 5 nitrogen and oxygen atoms in total. The molecule has 1 N–H and O–H groups in total. The molecule has 0 aliphatic rings. The summed E-state index contributed by atoms with van der Waals surface area (Å²) >= 11 is 0. The smallest absolute Gasteiger partial charge is 0.259 e. The SMILES string of the molecule is CCCCCOc1ccccc1C(=O)Nc1ccc(OC)c(OC)c1. The van der Waals surface area contributed by atoms with Crippen molar-refractivity contribution in [1.29, 1.82) is 0 Å². The maximum absolute atomic E-state index is 12.6. The highest BCUT2D eigenvalue weighted by atomic mass is 16.5. The zero-order chi connectivity index (χ0) is 18.1. The molecule has 0 atom stereocenters. The minimum absolute atomic E-state index is 0.224. The van der Waals surface area contributed by atoms with Gasteiger partial charge in [-0.25, -0.2) is 0 Å². The first-order valence-electron chi connectivity index (χ1n) is 8.44. The highest BCUT2D eigenvalue weighted by Gasteiger charge is 2.13. The summed E-state index contributed by atoms with van der Waals surface area (Å²) < 4.78 is 16.2. The zero-order valence-corrected chi connectivity index (χ0v) is 15.0. The molecular weight excluding hydrogens is 318 g/mol. The Kier molecular flexibility index (Phi) is 7.14. The van der Waals surface area contributed by atoms with Crippen LogP contribution in [-0.2, 0) is 0 Å². The number of nitrogens with one attached hydrogen (secondary N) is 1. The monoisotopic (exact) mass is 343 g/mol. The van der Waals surface area contributed by atoms with Gasteiger partial charge in [0.05, 0.1) is 26.4 Å². The minimum atomic E-state index is -0.224. The second-order valence-corrected chi connectivity index (χ2v) is 5.58. The molecule has 0 bridgehead atoms. The Balaban J connectivity index is 2.10. The number of carbonyl (C=O) groups is 1. The Hall–Kier alpha value is -2.69. The lowest BCUT2D eigenvalue weighted by Crippen LogP contribution is -2.14. The third kappa shape index (κ3) is 5.14. The molecule has 134 valence electrons. The first-order chi connectivity index (χ1) is 12.2. The van der Waals surface area contributed by atoms with Gasteiger partial charge in [-0.15, -0.1) is 0 Å².